The van der Waals surface area contributed by atoms with Crippen LogP contribution in [0.3, 0.4) is 0 Å². The van der Waals surface area contributed by atoms with Crippen LogP contribution >= 0.6 is 0 Å². The minimum atomic E-state index is -0.289. The van der Waals surface area contributed by atoms with Crippen molar-refractivity contribution in [3.8, 4) is 0 Å². The number of nitrogens with zero attached hydrogens (tertiary/aromatic N) is 2. The molecule has 1 heterocycles. The highest BCUT2D eigenvalue weighted by molar-refractivity contribution is 5.93. The van der Waals surface area contributed by atoms with Crippen LogP contribution in [0.25, 0.3) is 0 Å². The van der Waals surface area contributed by atoms with Crippen molar-refractivity contribution in [3.63, 3.8) is 0 Å². The van der Waals surface area contributed by atoms with Crippen molar-refractivity contribution >= 4 is 11.7 Å². The van der Waals surface area contributed by atoms with Crippen molar-refractivity contribution in [2.75, 3.05) is 11.9 Å². The average molecular weight is 298 g/mol. The highest BCUT2D eigenvalue weighted by Gasteiger charge is 2.16. The smallest absolute Gasteiger partial charge is 0.270 e. The fourth-order valence-corrected chi connectivity index (χ4v) is 1.96. The normalized spacial score (nSPS) is 11.0. The molecule has 0 unspecified atom stereocenters. The Morgan fingerprint density at radius 3 is 2.55 bits per heavy atom. The molecule has 0 radical (unpaired) electrons. The van der Waals surface area contributed by atoms with Gasteiger partial charge in [-0.2, -0.15) is 0 Å². The molecule has 116 valence electrons. The van der Waals surface area contributed by atoms with Gasteiger partial charge in [-0.05, 0) is 32.8 Å². The van der Waals surface area contributed by atoms with E-state index in [4.69, 9.17) is 0 Å². The standard InChI is InChI=1S/C17H22N4O/c1-17(2,3)21-16(22)14-11-15(20-12-19-14)18-10-9-13-7-5-4-6-8-13/h4-8,11-12H,9-10H2,1-3H3,(H,21,22)(H,18,19,20). The lowest BCUT2D eigenvalue weighted by Crippen LogP contribution is -2.41. The van der Waals surface area contributed by atoms with Gasteiger partial charge in [0.25, 0.3) is 5.91 Å². The van der Waals surface area contributed by atoms with E-state index in [1.807, 2.05) is 39.0 Å². The van der Waals surface area contributed by atoms with E-state index in [9.17, 15) is 4.79 Å². The monoisotopic (exact) mass is 298 g/mol. The summed E-state index contributed by atoms with van der Waals surface area (Å²) in [7, 11) is 0. The second kappa shape index (κ2) is 7.02. The molecule has 0 aliphatic carbocycles. The number of carbonyl (C=O) groups excluding carboxylic acids is 1. The van der Waals surface area contributed by atoms with Crippen LogP contribution in [0.4, 0.5) is 5.82 Å². The van der Waals surface area contributed by atoms with E-state index in [0.717, 1.165) is 13.0 Å². The quantitative estimate of drug-likeness (QED) is 0.890. The summed E-state index contributed by atoms with van der Waals surface area (Å²) in [6, 6.07) is 11.9. The summed E-state index contributed by atoms with van der Waals surface area (Å²) in [6.07, 6.45) is 2.30. The average Bonchev–Trinajstić information content (AvgIpc) is 2.47. The summed E-state index contributed by atoms with van der Waals surface area (Å²) in [4.78, 5) is 20.3. The molecule has 0 atom stereocenters. The van der Waals surface area contributed by atoms with Crippen molar-refractivity contribution in [2.24, 2.45) is 0 Å². The molecule has 22 heavy (non-hydrogen) atoms. The van der Waals surface area contributed by atoms with E-state index < -0.39 is 0 Å². The Bertz CT molecular complexity index is 620. The minimum absolute atomic E-state index is 0.194. The number of benzene rings is 1. The zero-order valence-corrected chi connectivity index (χ0v) is 13.3. The first kappa shape index (κ1) is 15.9. The van der Waals surface area contributed by atoms with E-state index >= 15 is 0 Å². The summed E-state index contributed by atoms with van der Waals surface area (Å²) < 4.78 is 0. The van der Waals surface area contributed by atoms with Crippen LogP contribution in [0.5, 0.6) is 0 Å². The van der Waals surface area contributed by atoms with Gasteiger partial charge in [0.05, 0.1) is 0 Å². The van der Waals surface area contributed by atoms with Gasteiger partial charge in [0, 0.05) is 18.2 Å². The fraction of sp³-hybridized carbons (Fsp3) is 0.353. The number of hydrogen-bond donors (Lipinski definition) is 2. The Kier molecular flexibility index (Phi) is 5.09. The summed E-state index contributed by atoms with van der Waals surface area (Å²) in [5.41, 5.74) is 1.34. The fourth-order valence-electron chi connectivity index (χ4n) is 1.96. The lowest BCUT2D eigenvalue weighted by atomic mass is 10.1. The molecule has 2 N–H and O–H groups in total. The largest absolute Gasteiger partial charge is 0.370 e. The van der Waals surface area contributed by atoms with Crippen molar-refractivity contribution < 1.29 is 4.79 Å². The molecule has 1 amide bonds. The Morgan fingerprint density at radius 1 is 1.14 bits per heavy atom. The van der Waals surface area contributed by atoms with Crippen LogP contribution in [-0.2, 0) is 6.42 Å². The van der Waals surface area contributed by atoms with Gasteiger partial charge < -0.3 is 10.6 Å². The predicted molar refractivity (Wildman–Crippen MR) is 87.9 cm³/mol. The molecule has 0 spiro atoms. The lowest BCUT2D eigenvalue weighted by Gasteiger charge is -2.20. The van der Waals surface area contributed by atoms with Crippen LogP contribution in [-0.4, -0.2) is 28.0 Å². The Balaban J connectivity index is 1.92. The van der Waals surface area contributed by atoms with Crippen LogP contribution in [0, 0.1) is 0 Å². The number of carbonyl (C=O) groups is 1. The predicted octanol–water partition coefficient (Wildman–Crippen LogP) is 2.66. The summed E-state index contributed by atoms with van der Waals surface area (Å²) >= 11 is 0. The minimum Gasteiger partial charge on any atom is -0.370 e. The second-order valence-corrected chi connectivity index (χ2v) is 6.15. The second-order valence-electron chi connectivity index (χ2n) is 6.15. The number of rotatable bonds is 5. The maximum atomic E-state index is 12.1. The Labute approximate surface area is 131 Å². The van der Waals surface area contributed by atoms with Crippen molar-refractivity contribution in [3.05, 3.63) is 54.0 Å². The molecule has 0 saturated heterocycles. The molecule has 2 rings (SSSR count). The molecule has 0 saturated carbocycles. The number of aromatic nitrogens is 2. The van der Waals surface area contributed by atoms with Gasteiger partial charge >= 0.3 is 0 Å². The van der Waals surface area contributed by atoms with Crippen molar-refractivity contribution in [2.45, 2.75) is 32.7 Å². The zero-order valence-electron chi connectivity index (χ0n) is 13.3. The van der Waals surface area contributed by atoms with Crippen LogP contribution in [0.2, 0.25) is 0 Å². The topological polar surface area (TPSA) is 66.9 Å². The third kappa shape index (κ3) is 5.16. The third-order valence-electron chi connectivity index (χ3n) is 2.95. The molecule has 1 aromatic carbocycles. The number of hydrogen-bond acceptors (Lipinski definition) is 4. The summed E-state index contributed by atoms with van der Waals surface area (Å²) in [6.45, 7) is 6.56. The first-order valence-electron chi connectivity index (χ1n) is 7.36. The molecule has 2 aromatic rings. The van der Waals surface area contributed by atoms with E-state index in [2.05, 4.69) is 32.7 Å². The molecule has 5 heteroatoms. The highest BCUT2D eigenvalue weighted by Crippen LogP contribution is 2.07. The number of anilines is 1. The SMILES string of the molecule is CC(C)(C)NC(=O)c1cc(NCCc2ccccc2)ncn1. The van der Waals surface area contributed by atoms with Gasteiger partial charge in [0.1, 0.15) is 17.8 Å². The lowest BCUT2D eigenvalue weighted by molar-refractivity contribution is 0.0914. The molecule has 1 aromatic heterocycles. The van der Waals surface area contributed by atoms with Crippen LogP contribution in [0.1, 0.15) is 36.8 Å². The zero-order chi connectivity index (χ0) is 16.0. The van der Waals surface area contributed by atoms with Gasteiger partial charge in [-0.3, -0.25) is 4.79 Å². The highest BCUT2D eigenvalue weighted by atomic mass is 16.2. The van der Waals surface area contributed by atoms with Crippen molar-refractivity contribution in [1.82, 2.24) is 15.3 Å². The maximum absolute atomic E-state index is 12.1. The first-order valence-corrected chi connectivity index (χ1v) is 7.36. The van der Waals surface area contributed by atoms with Crippen LogP contribution in [0.15, 0.2) is 42.7 Å². The molecule has 0 fully saturated rings. The molecular formula is C17H22N4O. The first-order chi connectivity index (χ1) is 10.4. The van der Waals surface area contributed by atoms with Crippen LogP contribution < -0.4 is 10.6 Å². The molecular weight excluding hydrogens is 276 g/mol. The molecule has 0 aliphatic rings. The summed E-state index contributed by atoms with van der Waals surface area (Å²) in [5.74, 6) is 0.464. The van der Waals surface area contributed by atoms with Gasteiger partial charge in [-0.25, -0.2) is 9.97 Å². The number of amides is 1. The van der Waals surface area contributed by atoms with E-state index in [1.54, 1.807) is 6.07 Å². The van der Waals surface area contributed by atoms with Crippen molar-refractivity contribution in [1.29, 1.82) is 0 Å². The third-order valence-corrected chi connectivity index (χ3v) is 2.95. The van der Waals surface area contributed by atoms with Gasteiger partial charge in [0.15, 0.2) is 0 Å². The van der Waals surface area contributed by atoms with E-state index in [0.29, 0.717) is 11.5 Å². The van der Waals surface area contributed by atoms with Gasteiger partial charge in [-0.15, -0.1) is 0 Å². The molecule has 0 aliphatic heterocycles. The van der Waals surface area contributed by atoms with Gasteiger partial charge in [0.2, 0.25) is 0 Å². The van der Waals surface area contributed by atoms with E-state index in [1.165, 1.54) is 11.9 Å². The maximum Gasteiger partial charge on any atom is 0.270 e. The van der Waals surface area contributed by atoms with Gasteiger partial charge in [-0.1, -0.05) is 30.3 Å². The number of nitrogens with one attached hydrogen (secondary N) is 2. The Morgan fingerprint density at radius 2 is 1.86 bits per heavy atom. The summed E-state index contributed by atoms with van der Waals surface area (Å²) in [5, 5.41) is 6.11. The Hall–Kier alpha value is -2.43. The molecule has 0 bridgehead atoms. The van der Waals surface area contributed by atoms with E-state index in [-0.39, 0.29) is 11.4 Å². The molecule has 5 nitrogen and oxygen atoms in total.